The number of terminal acetylenes is 1. The summed E-state index contributed by atoms with van der Waals surface area (Å²) >= 11 is 0. The van der Waals surface area contributed by atoms with E-state index >= 15 is 0 Å². The number of hydrogen-bond donors (Lipinski definition) is 1. The fourth-order valence-corrected chi connectivity index (χ4v) is 2.50. The van der Waals surface area contributed by atoms with Crippen LogP contribution >= 0.6 is 0 Å². The first kappa shape index (κ1) is 15.3. The molecular formula is C14H17NO3S. The Balaban J connectivity index is 2.57. The standard InChI is InChI=1S/C14H17NO3S/c1-3-4-5-6-7-14(16)15-19(17,18)13-10-8-12(2)9-11-13/h1,8-11H,4-7H2,2H3,(H,15,16). The number of sulfonamides is 1. The van der Waals surface area contributed by atoms with Crippen LogP contribution in [0.15, 0.2) is 29.2 Å². The van der Waals surface area contributed by atoms with E-state index in [1.165, 1.54) is 12.1 Å². The molecule has 0 saturated heterocycles. The van der Waals surface area contributed by atoms with Crippen molar-refractivity contribution in [2.24, 2.45) is 0 Å². The van der Waals surface area contributed by atoms with E-state index in [0.717, 1.165) is 5.56 Å². The van der Waals surface area contributed by atoms with Crippen LogP contribution in [-0.2, 0) is 14.8 Å². The van der Waals surface area contributed by atoms with Gasteiger partial charge in [-0.2, -0.15) is 0 Å². The van der Waals surface area contributed by atoms with Crippen LogP contribution < -0.4 is 4.72 Å². The van der Waals surface area contributed by atoms with Crippen molar-refractivity contribution >= 4 is 15.9 Å². The van der Waals surface area contributed by atoms with Crippen molar-refractivity contribution in [1.29, 1.82) is 0 Å². The lowest BCUT2D eigenvalue weighted by Gasteiger charge is -2.06. The predicted molar refractivity (Wildman–Crippen MR) is 73.8 cm³/mol. The van der Waals surface area contributed by atoms with Gasteiger partial charge in [0, 0.05) is 12.8 Å². The molecule has 0 aromatic heterocycles. The maximum absolute atomic E-state index is 11.9. The maximum Gasteiger partial charge on any atom is 0.264 e. The molecule has 0 aliphatic heterocycles. The Bertz CT molecular complexity index is 568. The summed E-state index contributed by atoms with van der Waals surface area (Å²) in [7, 11) is -3.76. The van der Waals surface area contributed by atoms with Crippen molar-refractivity contribution < 1.29 is 13.2 Å². The van der Waals surface area contributed by atoms with Crippen LogP contribution in [0.25, 0.3) is 0 Å². The van der Waals surface area contributed by atoms with Gasteiger partial charge in [0.2, 0.25) is 5.91 Å². The summed E-state index contributed by atoms with van der Waals surface area (Å²) in [5.41, 5.74) is 0.958. The second-order valence-corrected chi connectivity index (χ2v) is 5.94. The molecular weight excluding hydrogens is 262 g/mol. The zero-order valence-corrected chi connectivity index (χ0v) is 11.7. The molecule has 0 atom stereocenters. The SMILES string of the molecule is C#CCCCCC(=O)NS(=O)(=O)c1ccc(C)cc1. The van der Waals surface area contributed by atoms with Crippen LogP contribution in [0.3, 0.4) is 0 Å². The van der Waals surface area contributed by atoms with Crippen molar-refractivity contribution in [3.63, 3.8) is 0 Å². The summed E-state index contributed by atoms with van der Waals surface area (Å²) in [5, 5.41) is 0. The van der Waals surface area contributed by atoms with Crippen LogP contribution in [0.5, 0.6) is 0 Å². The highest BCUT2D eigenvalue weighted by Gasteiger charge is 2.16. The number of nitrogens with one attached hydrogen (secondary N) is 1. The lowest BCUT2D eigenvalue weighted by molar-refractivity contribution is -0.119. The Morgan fingerprint density at radius 1 is 1.26 bits per heavy atom. The van der Waals surface area contributed by atoms with Gasteiger partial charge in [0.25, 0.3) is 10.0 Å². The monoisotopic (exact) mass is 279 g/mol. The van der Waals surface area contributed by atoms with E-state index in [-0.39, 0.29) is 11.3 Å². The molecule has 0 bridgehead atoms. The highest BCUT2D eigenvalue weighted by atomic mass is 32.2. The van der Waals surface area contributed by atoms with Gasteiger partial charge in [0.1, 0.15) is 0 Å². The van der Waals surface area contributed by atoms with E-state index in [2.05, 4.69) is 10.6 Å². The number of unbranched alkanes of at least 4 members (excludes halogenated alkanes) is 2. The number of benzene rings is 1. The zero-order chi connectivity index (χ0) is 14.3. The number of amides is 1. The number of carbonyl (C=O) groups excluding carboxylic acids is 1. The summed E-state index contributed by atoms with van der Waals surface area (Å²) in [6, 6.07) is 6.32. The molecule has 1 rings (SSSR count). The number of aryl methyl sites for hydroxylation is 1. The van der Waals surface area contributed by atoms with Gasteiger partial charge >= 0.3 is 0 Å². The Hall–Kier alpha value is -1.80. The van der Waals surface area contributed by atoms with Gasteiger partial charge < -0.3 is 0 Å². The normalized spacial score (nSPS) is 10.7. The van der Waals surface area contributed by atoms with Gasteiger partial charge in [0.15, 0.2) is 0 Å². The third-order valence-corrected chi connectivity index (χ3v) is 3.94. The second-order valence-electron chi connectivity index (χ2n) is 4.25. The van der Waals surface area contributed by atoms with E-state index in [1.807, 2.05) is 6.92 Å². The summed E-state index contributed by atoms with van der Waals surface area (Å²) in [5.74, 6) is 1.97. The molecule has 4 nitrogen and oxygen atoms in total. The average Bonchev–Trinajstić information content (AvgIpc) is 2.34. The summed E-state index contributed by atoms with van der Waals surface area (Å²) in [6.45, 7) is 1.86. The number of rotatable bonds is 6. The molecule has 19 heavy (non-hydrogen) atoms. The van der Waals surface area contributed by atoms with Gasteiger partial charge in [-0.1, -0.05) is 17.7 Å². The van der Waals surface area contributed by atoms with E-state index < -0.39 is 15.9 Å². The third-order valence-electron chi connectivity index (χ3n) is 2.55. The van der Waals surface area contributed by atoms with E-state index in [9.17, 15) is 13.2 Å². The van der Waals surface area contributed by atoms with Crippen LogP contribution in [0, 0.1) is 19.3 Å². The van der Waals surface area contributed by atoms with Crippen molar-refractivity contribution in [3.05, 3.63) is 29.8 Å². The molecule has 0 radical (unpaired) electrons. The van der Waals surface area contributed by atoms with Crippen molar-refractivity contribution in [2.45, 2.75) is 37.5 Å². The summed E-state index contributed by atoms with van der Waals surface area (Å²) < 4.78 is 25.8. The summed E-state index contributed by atoms with van der Waals surface area (Å²) in [6.07, 6.45) is 7.14. The molecule has 5 heteroatoms. The first-order valence-corrected chi connectivity index (χ1v) is 7.50. The van der Waals surface area contributed by atoms with Gasteiger partial charge in [-0.25, -0.2) is 13.1 Å². The Kier molecular flexibility index (Phi) is 5.58. The molecule has 0 aliphatic carbocycles. The minimum atomic E-state index is -3.76. The van der Waals surface area contributed by atoms with Crippen LogP contribution in [0.4, 0.5) is 0 Å². The van der Waals surface area contributed by atoms with Gasteiger partial charge in [-0.15, -0.1) is 12.3 Å². The van der Waals surface area contributed by atoms with Gasteiger partial charge in [-0.05, 0) is 31.9 Å². The molecule has 0 unspecified atom stereocenters. The van der Waals surface area contributed by atoms with Crippen molar-refractivity contribution in [2.75, 3.05) is 0 Å². The fourth-order valence-electron chi connectivity index (χ4n) is 1.49. The lowest BCUT2D eigenvalue weighted by Crippen LogP contribution is -2.30. The molecule has 1 amide bonds. The molecule has 102 valence electrons. The molecule has 1 aromatic rings. The highest BCUT2D eigenvalue weighted by molar-refractivity contribution is 7.90. The lowest BCUT2D eigenvalue weighted by atomic mass is 10.2. The Morgan fingerprint density at radius 2 is 1.89 bits per heavy atom. The zero-order valence-electron chi connectivity index (χ0n) is 10.8. The Labute approximate surface area is 114 Å². The molecule has 0 aliphatic rings. The van der Waals surface area contributed by atoms with Gasteiger partial charge in [-0.3, -0.25) is 4.79 Å². The topological polar surface area (TPSA) is 63.2 Å². The Morgan fingerprint density at radius 3 is 2.47 bits per heavy atom. The van der Waals surface area contributed by atoms with Gasteiger partial charge in [0.05, 0.1) is 4.90 Å². The molecule has 0 fully saturated rings. The highest BCUT2D eigenvalue weighted by Crippen LogP contribution is 2.10. The van der Waals surface area contributed by atoms with Crippen LogP contribution in [0.2, 0.25) is 0 Å². The molecule has 0 spiro atoms. The van der Waals surface area contributed by atoms with Crippen molar-refractivity contribution in [1.82, 2.24) is 4.72 Å². The number of hydrogen-bond acceptors (Lipinski definition) is 3. The quantitative estimate of drug-likeness (QED) is 0.640. The summed E-state index contributed by atoms with van der Waals surface area (Å²) in [4.78, 5) is 11.6. The maximum atomic E-state index is 11.9. The van der Waals surface area contributed by atoms with E-state index in [0.29, 0.717) is 19.3 Å². The fraction of sp³-hybridized carbons (Fsp3) is 0.357. The van der Waals surface area contributed by atoms with E-state index in [4.69, 9.17) is 6.42 Å². The largest absolute Gasteiger partial charge is 0.274 e. The minimum absolute atomic E-state index is 0.0927. The first-order chi connectivity index (χ1) is 8.95. The van der Waals surface area contributed by atoms with Crippen LogP contribution in [-0.4, -0.2) is 14.3 Å². The predicted octanol–water partition coefficient (Wildman–Crippen LogP) is 1.99. The smallest absolute Gasteiger partial charge is 0.264 e. The minimum Gasteiger partial charge on any atom is -0.274 e. The molecule has 1 aromatic carbocycles. The number of carbonyl (C=O) groups is 1. The average molecular weight is 279 g/mol. The van der Waals surface area contributed by atoms with Crippen LogP contribution in [0.1, 0.15) is 31.2 Å². The molecule has 1 N–H and O–H groups in total. The molecule has 0 heterocycles. The molecule has 0 saturated carbocycles. The van der Waals surface area contributed by atoms with Crippen molar-refractivity contribution in [3.8, 4) is 12.3 Å². The van der Waals surface area contributed by atoms with E-state index in [1.54, 1.807) is 12.1 Å². The first-order valence-electron chi connectivity index (χ1n) is 6.01. The second kappa shape index (κ2) is 6.95. The third kappa shape index (κ3) is 5.14.